The Morgan fingerprint density at radius 1 is 1.21 bits per heavy atom. The third-order valence-corrected chi connectivity index (χ3v) is 3.60. The average Bonchev–Trinajstić information content (AvgIpc) is 2.53. The number of amides is 1. The van der Waals surface area contributed by atoms with Gasteiger partial charge in [-0.25, -0.2) is 0 Å². The van der Waals surface area contributed by atoms with Gasteiger partial charge in [-0.2, -0.15) is 0 Å². The third-order valence-electron chi connectivity index (χ3n) is 3.60. The fourth-order valence-electron chi connectivity index (χ4n) is 2.40. The van der Waals surface area contributed by atoms with E-state index in [1.807, 2.05) is 25.1 Å². The number of nitro benzene ring substituents is 1. The summed E-state index contributed by atoms with van der Waals surface area (Å²) in [5.41, 5.74) is 2.83. The van der Waals surface area contributed by atoms with E-state index in [1.165, 1.54) is 29.8 Å². The van der Waals surface area contributed by atoms with Crippen LogP contribution in [0.2, 0.25) is 0 Å². The number of carbonyl (C=O) groups is 1. The number of hydrogen-bond donors (Lipinski definition) is 1. The lowest BCUT2D eigenvalue weighted by Gasteiger charge is -2.12. The standard InChI is InChI=1S/C18H20N2O4/c1-12(2)17-9-8-16(10-13(17)3)24-11-18(21)19-14-4-6-15(7-5-14)20(22)23/h4-10,12H,11H2,1-3H3,(H,19,21). The maximum absolute atomic E-state index is 11.9. The minimum absolute atomic E-state index is 0.0232. The van der Waals surface area contributed by atoms with Crippen molar-refractivity contribution < 1.29 is 14.5 Å². The number of rotatable bonds is 6. The Kier molecular flexibility index (Phi) is 5.52. The van der Waals surface area contributed by atoms with Gasteiger partial charge in [0.25, 0.3) is 11.6 Å². The van der Waals surface area contributed by atoms with Gasteiger partial charge in [-0.3, -0.25) is 14.9 Å². The second-order valence-corrected chi connectivity index (χ2v) is 5.81. The minimum atomic E-state index is -0.488. The van der Waals surface area contributed by atoms with Crippen LogP contribution in [-0.2, 0) is 4.79 Å². The molecule has 0 saturated carbocycles. The van der Waals surface area contributed by atoms with Gasteiger partial charge in [0.1, 0.15) is 5.75 Å². The van der Waals surface area contributed by atoms with Crippen molar-refractivity contribution in [3.8, 4) is 5.75 Å². The predicted molar refractivity (Wildman–Crippen MR) is 92.5 cm³/mol. The summed E-state index contributed by atoms with van der Waals surface area (Å²) in [7, 11) is 0. The molecule has 0 unspecified atom stereocenters. The number of ether oxygens (including phenoxy) is 1. The van der Waals surface area contributed by atoms with Crippen molar-refractivity contribution in [1.82, 2.24) is 0 Å². The lowest BCUT2D eigenvalue weighted by Crippen LogP contribution is -2.20. The van der Waals surface area contributed by atoms with Gasteiger partial charge < -0.3 is 10.1 Å². The number of aryl methyl sites for hydroxylation is 1. The summed E-state index contributed by atoms with van der Waals surface area (Å²) in [6, 6.07) is 11.4. The Morgan fingerprint density at radius 2 is 1.88 bits per heavy atom. The molecule has 6 heteroatoms. The molecule has 0 fully saturated rings. The van der Waals surface area contributed by atoms with Crippen LogP contribution in [0, 0.1) is 17.0 Å². The summed E-state index contributed by atoms with van der Waals surface area (Å²) >= 11 is 0. The fraction of sp³-hybridized carbons (Fsp3) is 0.278. The van der Waals surface area contributed by atoms with Crippen molar-refractivity contribution in [3.05, 3.63) is 63.7 Å². The molecule has 0 radical (unpaired) electrons. The molecule has 0 atom stereocenters. The van der Waals surface area contributed by atoms with E-state index in [-0.39, 0.29) is 18.2 Å². The van der Waals surface area contributed by atoms with Gasteiger partial charge in [-0.05, 0) is 48.2 Å². The van der Waals surface area contributed by atoms with E-state index in [9.17, 15) is 14.9 Å². The van der Waals surface area contributed by atoms with Crippen LogP contribution in [0.25, 0.3) is 0 Å². The number of nitro groups is 1. The molecule has 0 aliphatic rings. The number of hydrogen-bond acceptors (Lipinski definition) is 4. The number of nitrogens with zero attached hydrogens (tertiary/aromatic N) is 1. The Bertz CT molecular complexity index is 739. The molecule has 6 nitrogen and oxygen atoms in total. The first kappa shape index (κ1) is 17.5. The second-order valence-electron chi connectivity index (χ2n) is 5.81. The van der Waals surface area contributed by atoms with Crippen LogP contribution >= 0.6 is 0 Å². The first-order valence-electron chi connectivity index (χ1n) is 7.64. The maximum Gasteiger partial charge on any atom is 0.269 e. The molecule has 1 N–H and O–H groups in total. The molecule has 0 bridgehead atoms. The Hall–Kier alpha value is -2.89. The molecule has 0 saturated heterocycles. The van der Waals surface area contributed by atoms with Gasteiger partial charge in [-0.15, -0.1) is 0 Å². The first-order chi connectivity index (χ1) is 11.4. The number of anilines is 1. The summed E-state index contributed by atoms with van der Waals surface area (Å²) in [6.45, 7) is 6.14. The van der Waals surface area contributed by atoms with Crippen molar-refractivity contribution in [2.24, 2.45) is 0 Å². The second kappa shape index (κ2) is 7.59. The molecule has 2 rings (SSSR count). The van der Waals surface area contributed by atoms with E-state index in [2.05, 4.69) is 19.2 Å². The topological polar surface area (TPSA) is 81.5 Å². The first-order valence-corrected chi connectivity index (χ1v) is 7.64. The molecule has 1 amide bonds. The highest BCUT2D eigenvalue weighted by Crippen LogP contribution is 2.23. The van der Waals surface area contributed by atoms with Gasteiger partial charge in [0.2, 0.25) is 0 Å². The van der Waals surface area contributed by atoms with Crippen LogP contribution in [0.5, 0.6) is 5.75 Å². The molecule has 0 aromatic heterocycles. The summed E-state index contributed by atoms with van der Waals surface area (Å²) in [4.78, 5) is 22.0. The SMILES string of the molecule is Cc1cc(OCC(=O)Nc2ccc([N+](=O)[O-])cc2)ccc1C(C)C. The predicted octanol–water partition coefficient (Wildman–Crippen LogP) is 4.04. The average molecular weight is 328 g/mol. The van der Waals surface area contributed by atoms with Crippen LogP contribution in [-0.4, -0.2) is 17.4 Å². The zero-order valence-electron chi connectivity index (χ0n) is 13.9. The number of benzene rings is 2. The summed E-state index contributed by atoms with van der Waals surface area (Å²) < 4.78 is 5.50. The number of nitrogens with one attached hydrogen (secondary N) is 1. The van der Waals surface area contributed by atoms with Crippen molar-refractivity contribution >= 4 is 17.3 Å². The van der Waals surface area contributed by atoms with Crippen LogP contribution in [0.3, 0.4) is 0 Å². The smallest absolute Gasteiger partial charge is 0.269 e. The lowest BCUT2D eigenvalue weighted by molar-refractivity contribution is -0.384. The number of carbonyl (C=O) groups excluding carboxylic acids is 1. The van der Waals surface area contributed by atoms with Crippen molar-refractivity contribution in [2.45, 2.75) is 26.7 Å². The molecule has 2 aromatic carbocycles. The van der Waals surface area contributed by atoms with E-state index in [0.717, 1.165) is 5.56 Å². The Labute approximate surface area is 140 Å². The van der Waals surface area contributed by atoms with Gasteiger partial charge in [-0.1, -0.05) is 19.9 Å². The van der Waals surface area contributed by atoms with Crippen molar-refractivity contribution in [3.63, 3.8) is 0 Å². The van der Waals surface area contributed by atoms with Crippen LogP contribution in [0.4, 0.5) is 11.4 Å². The monoisotopic (exact) mass is 328 g/mol. The van der Waals surface area contributed by atoms with Crippen LogP contribution < -0.4 is 10.1 Å². The highest BCUT2D eigenvalue weighted by atomic mass is 16.6. The Balaban J connectivity index is 1.91. The normalized spacial score (nSPS) is 10.5. The van der Waals surface area contributed by atoms with E-state index < -0.39 is 4.92 Å². The molecule has 0 heterocycles. The lowest BCUT2D eigenvalue weighted by atomic mass is 9.98. The summed E-state index contributed by atoms with van der Waals surface area (Å²) in [5.74, 6) is 0.745. The summed E-state index contributed by atoms with van der Waals surface area (Å²) in [6.07, 6.45) is 0. The van der Waals surface area contributed by atoms with E-state index in [0.29, 0.717) is 17.4 Å². The van der Waals surface area contributed by atoms with E-state index in [1.54, 1.807) is 0 Å². The van der Waals surface area contributed by atoms with E-state index in [4.69, 9.17) is 4.74 Å². The summed E-state index contributed by atoms with van der Waals surface area (Å²) in [5, 5.41) is 13.2. The molecule has 0 spiro atoms. The van der Waals surface area contributed by atoms with Gasteiger partial charge in [0.15, 0.2) is 6.61 Å². The zero-order chi connectivity index (χ0) is 17.7. The van der Waals surface area contributed by atoms with Crippen LogP contribution in [0.1, 0.15) is 30.9 Å². The van der Waals surface area contributed by atoms with Gasteiger partial charge in [0, 0.05) is 17.8 Å². The van der Waals surface area contributed by atoms with Gasteiger partial charge in [0.05, 0.1) is 4.92 Å². The van der Waals surface area contributed by atoms with E-state index >= 15 is 0 Å². The van der Waals surface area contributed by atoms with Crippen molar-refractivity contribution in [1.29, 1.82) is 0 Å². The molecule has 126 valence electrons. The third kappa shape index (κ3) is 4.55. The molecule has 2 aromatic rings. The highest BCUT2D eigenvalue weighted by Gasteiger charge is 2.08. The largest absolute Gasteiger partial charge is 0.484 e. The van der Waals surface area contributed by atoms with Gasteiger partial charge >= 0.3 is 0 Å². The highest BCUT2D eigenvalue weighted by molar-refractivity contribution is 5.91. The molecular weight excluding hydrogens is 308 g/mol. The number of non-ortho nitro benzene ring substituents is 1. The zero-order valence-corrected chi connectivity index (χ0v) is 13.9. The molecule has 0 aliphatic heterocycles. The Morgan fingerprint density at radius 3 is 2.42 bits per heavy atom. The molecular formula is C18H20N2O4. The quantitative estimate of drug-likeness (QED) is 0.641. The molecule has 24 heavy (non-hydrogen) atoms. The fourth-order valence-corrected chi connectivity index (χ4v) is 2.40. The maximum atomic E-state index is 11.9. The van der Waals surface area contributed by atoms with Crippen LogP contribution in [0.15, 0.2) is 42.5 Å². The van der Waals surface area contributed by atoms with Crippen molar-refractivity contribution in [2.75, 3.05) is 11.9 Å². The minimum Gasteiger partial charge on any atom is -0.484 e. The molecule has 0 aliphatic carbocycles.